The number of pyridine rings is 1. The van der Waals surface area contributed by atoms with Crippen LogP contribution in [0.2, 0.25) is 0 Å². The topological polar surface area (TPSA) is 48.0 Å². The molecular weight excluding hydrogens is 164 g/mol. The van der Waals surface area contributed by atoms with Gasteiger partial charge in [-0.25, -0.2) is 0 Å². The van der Waals surface area contributed by atoms with Crippen LogP contribution in [0.1, 0.15) is 25.3 Å². The van der Waals surface area contributed by atoms with Gasteiger partial charge in [-0.15, -0.1) is 0 Å². The molecule has 0 aromatic carbocycles. The van der Waals surface area contributed by atoms with Crippen molar-refractivity contribution in [3.05, 3.63) is 34.7 Å². The molecule has 1 aliphatic carbocycles. The van der Waals surface area contributed by atoms with Crippen molar-refractivity contribution in [3.63, 3.8) is 0 Å². The molecule has 0 amide bonds. The molecular formula is C10H14N2O. The molecule has 0 bridgehead atoms. The van der Waals surface area contributed by atoms with Gasteiger partial charge < -0.3 is 10.3 Å². The molecule has 1 aliphatic rings. The highest BCUT2D eigenvalue weighted by molar-refractivity contribution is 4.97. The van der Waals surface area contributed by atoms with Gasteiger partial charge in [0.1, 0.15) is 0 Å². The average molecular weight is 178 g/mol. The Hall–Kier alpha value is -1.09. The molecule has 1 aromatic heterocycles. The molecule has 2 N–H and O–H groups in total. The zero-order chi connectivity index (χ0) is 9.26. The first-order chi connectivity index (χ1) is 6.27. The second-order valence-corrected chi connectivity index (χ2v) is 3.67. The van der Waals surface area contributed by atoms with E-state index < -0.39 is 0 Å². The lowest BCUT2D eigenvalue weighted by atomic mass is 10.2. The minimum atomic E-state index is 0.0848. The van der Waals surface area contributed by atoms with Crippen LogP contribution in [0.4, 0.5) is 0 Å². The van der Waals surface area contributed by atoms with Crippen LogP contribution in [0.15, 0.2) is 29.2 Å². The molecule has 1 aromatic rings. The van der Waals surface area contributed by atoms with Crippen LogP contribution in [-0.4, -0.2) is 10.6 Å². The van der Waals surface area contributed by atoms with Crippen LogP contribution in [0.3, 0.4) is 0 Å². The van der Waals surface area contributed by atoms with Crippen molar-refractivity contribution in [3.8, 4) is 0 Å². The number of nitrogens with two attached hydrogens (primary N) is 1. The van der Waals surface area contributed by atoms with E-state index in [0.717, 1.165) is 19.3 Å². The number of aromatic nitrogens is 1. The van der Waals surface area contributed by atoms with Gasteiger partial charge in [0.2, 0.25) is 0 Å². The molecule has 2 atom stereocenters. The Morgan fingerprint density at radius 2 is 2.23 bits per heavy atom. The molecule has 1 saturated carbocycles. The van der Waals surface area contributed by atoms with E-state index in [9.17, 15) is 4.79 Å². The first kappa shape index (κ1) is 8.51. The van der Waals surface area contributed by atoms with Crippen molar-refractivity contribution in [1.29, 1.82) is 0 Å². The zero-order valence-electron chi connectivity index (χ0n) is 7.52. The minimum absolute atomic E-state index is 0.0848. The Morgan fingerprint density at radius 1 is 1.38 bits per heavy atom. The van der Waals surface area contributed by atoms with E-state index >= 15 is 0 Å². The first-order valence-corrected chi connectivity index (χ1v) is 4.70. The standard InChI is InChI=1S/C10H14N2O/c11-8-4-5-9(7-8)12-6-2-1-3-10(12)13/h1-3,6,8-9H,4-5,7,11H2. The van der Waals surface area contributed by atoms with Crippen LogP contribution >= 0.6 is 0 Å². The second kappa shape index (κ2) is 3.34. The van der Waals surface area contributed by atoms with Crippen molar-refractivity contribution in [2.75, 3.05) is 0 Å². The molecule has 0 spiro atoms. The van der Waals surface area contributed by atoms with E-state index in [1.165, 1.54) is 0 Å². The molecule has 1 fully saturated rings. The van der Waals surface area contributed by atoms with Gasteiger partial charge in [-0.2, -0.15) is 0 Å². The quantitative estimate of drug-likeness (QED) is 0.694. The maximum absolute atomic E-state index is 11.4. The first-order valence-electron chi connectivity index (χ1n) is 4.70. The molecule has 3 nitrogen and oxygen atoms in total. The molecule has 1 heterocycles. The van der Waals surface area contributed by atoms with Gasteiger partial charge in [-0.3, -0.25) is 4.79 Å². The van der Waals surface area contributed by atoms with Gasteiger partial charge in [0.25, 0.3) is 5.56 Å². The van der Waals surface area contributed by atoms with Gasteiger partial charge in [-0.05, 0) is 25.3 Å². The average Bonchev–Trinajstić information content (AvgIpc) is 2.53. The van der Waals surface area contributed by atoms with Gasteiger partial charge in [0.05, 0.1) is 0 Å². The lowest BCUT2D eigenvalue weighted by Gasteiger charge is -2.12. The van der Waals surface area contributed by atoms with Crippen molar-refractivity contribution in [2.24, 2.45) is 5.73 Å². The van der Waals surface area contributed by atoms with Crippen molar-refractivity contribution >= 4 is 0 Å². The summed E-state index contributed by atoms with van der Waals surface area (Å²) >= 11 is 0. The van der Waals surface area contributed by atoms with Crippen molar-refractivity contribution in [2.45, 2.75) is 31.3 Å². The van der Waals surface area contributed by atoms with Crippen LogP contribution in [0.5, 0.6) is 0 Å². The summed E-state index contributed by atoms with van der Waals surface area (Å²) in [6, 6.07) is 5.86. The number of hydrogen-bond acceptors (Lipinski definition) is 2. The summed E-state index contributed by atoms with van der Waals surface area (Å²) in [6.45, 7) is 0. The zero-order valence-corrected chi connectivity index (χ0v) is 7.52. The predicted octanol–water partition coefficient (Wildman–Crippen LogP) is 0.901. The van der Waals surface area contributed by atoms with E-state index in [-0.39, 0.29) is 11.6 Å². The monoisotopic (exact) mass is 178 g/mol. The highest BCUT2D eigenvalue weighted by Crippen LogP contribution is 2.27. The Balaban J connectivity index is 2.26. The highest BCUT2D eigenvalue weighted by atomic mass is 16.1. The van der Waals surface area contributed by atoms with Gasteiger partial charge in [-0.1, -0.05) is 6.07 Å². The van der Waals surface area contributed by atoms with Crippen LogP contribution < -0.4 is 11.3 Å². The van der Waals surface area contributed by atoms with E-state index in [1.54, 1.807) is 16.7 Å². The molecule has 70 valence electrons. The van der Waals surface area contributed by atoms with E-state index in [1.807, 2.05) is 12.3 Å². The molecule has 3 heteroatoms. The molecule has 0 radical (unpaired) electrons. The maximum Gasteiger partial charge on any atom is 0.250 e. The Bertz CT molecular complexity index is 345. The largest absolute Gasteiger partial charge is 0.328 e. The summed E-state index contributed by atoms with van der Waals surface area (Å²) in [4.78, 5) is 11.4. The fourth-order valence-corrected chi connectivity index (χ4v) is 1.99. The van der Waals surface area contributed by atoms with E-state index in [4.69, 9.17) is 5.73 Å². The third-order valence-corrected chi connectivity index (χ3v) is 2.69. The molecule has 0 aliphatic heterocycles. The van der Waals surface area contributed by atoms with E-state index in [0.29, 0.717) is 6.04 Å². The minimum Gasteiger partial charge on any atom is -0.328 e. The van der Waals surface area contributed by atoms with Crippen LogP contribution in [0, 0.1) is 0 Å². The highest BCUT2D eigenvalue weighted by Gasteiger charge is 2.23. The smallest absolute Gasteiger partial charge is 0.250 e. The van der Waals surface area contributed by atoms with Gasteiger partial charge in [0.15, 0.2) is 0 Å². The predicted molar refractivity (Wildman–Crippen MR) is 51.6 cm³/mol. The SMILES string of the molecule is NC1CCC(n2ccccc2=O)C1. The van der Waals surface area contributed by atoms with E-state index in [2.05, 4.69) is 0 Å². The van der Waals surface area contributed by atoms with Crippen LogP contribution in [0.25, 0.3) is 0 Å². The number of nitrogens with zero attached hydrogens (tertiary/aromatic N) is 1. The Labute approximate surface area is 77.2 Å². The Morgan fingerprint density at radius 3 is 2.85 bits per heavy atom. The molecule has 0 saturated heterocycles. The normalized spacial score (nSPS) is 27.8. The summed E-state index contributed by atoms with van der Waals surface area (Å²) in [6.07, 6.45) is 4.85. The lowest BCUT2D eigenvalue weighted by Crippen LogP contribution is -2.23. The van der Waals surface area contributed by atoms with Gasteiger partial charge >= 0.3 is 0 Å². The number of hydrogen-bond donors (Lipinski definition) is 1. The summed E-state index contributed by atoms with van der Waals surface area (Å²) in [5, 5.41) is 0. The summed E-state index contributed by atoms with van der Waals surface area (Å²) in [5.41, 5.74) is 5.88. The molecule has 2 unspecified atom stereocenters. The molecule has 2 rings (SSSR count). The fourth-order valence-electron chi connectivity index (χ4n) is 1.99. The summed E-state index contributed by atoms with van der Waals surface area (Å²) in [7, 11) is 0. The van der Waals surface area contributed by atoms with Crippen molar-refractivity contribution < 1.29 is 0 Å². The van der Waals surface area contributed by atoms with Crippen LogP contribution in [-0.2, 0) is 0 Å². The summed E-state index contributed by atoms with van der Waals surface area (Å²) in [5.74, 6) is 0. The Kier molecular flexibility index (Phi) is 2.19. The third kappa shape index (κ3) is 1.65. The second-order valence-electron chi connectivity index (χ2n) is 3.67. The number of rotatable bonds is 1. The fraction of sp³-hybridized carbons (Fsp3) is 0.500. The summed E-state index contributed by atoms with van der Waals surface area (Å²) < 4.78 is 1.80. The maximum atomic E-state index is 11.4. The third-order valence-electron chi connectivity index (χ3n) is 2.69. The molecule has 13 heavy (non-hydrogen) atoms. The van der Waals surface area contributed by atoms with Gasteiger partial charge in [0, 0.05) is 24.3 Å². The van der Waals surface area contributed by atoms with Crippen molar-refractivity contribution in [1.82, 2.24) is 4.57 Å². The lowest BCUT2D eigenvalue weighted by molar-refractivity contribution is 0.494.